The van der Waals surface area contributed by atoms with Gasteiger partial charge < -0.3 is 11.1 Å². The van der Waals surface area contributed by atoms with Gasteiger partial charge in [-0.3, -0.25) is 0 Å². The number of aromatic nitrogens is 1. The van der Waals surface area contributed by atoms with Crippen LogP contribution < -0.4 is 15.8 Å². The van der Waals surface area contributed by atoms with Crippen molar-refractivity contribution in [2.75, 3.05) is 18.1 Å². The molecule has 4 N–H and O–H groups in total. The molecule has 0 aliphatic carbocycles. The highest BCUT2D eigenvalue weighted by atomic mass is 32.2. The molecule has 0 bridgehead atoms. The molecule has 1 aromatic heterocycles. The summed E-state index contributed by atoms with van der Waals surface area (Å²) in [6.45, 7) is 0. The summed E-state index contributed by atoms with van der Waals surface area (Å²) in [5.74, 6) is 0.241. The van der Waals surface area contributed by atoms with Gasteiger partial charge in [0.25, 0.3) is 0 Å². The zero-order valence-electron chi connectivity index (χ0n) is 15.2. The molecule has 0 unspecified atom stereocenters. The molecule has 0 saturated heterocycles. The summed E-state index contributed by atoms with van der Waals surface area (Å²) in [5, 5.41) is 3.02. The van der Waals surface area contributed by atoms with Crippen molar-refractivity contribution in [3.63, 3.8) is 0 Å². The zero-order chi connectivity index (χ0) is 21.2. The lowest BCUT2D eigenvalue weighted by Crippen LogP contribution is -2.18. The normalized spacial score (nSPS) is 12.0. The van der Waals surface area contributed by atoms with Crippen LogP contribution in [-0.4, -0.2) is 20.4 Å². The number of nitrogens with two attached hydrogens (primary N) is 1. The van der Waals surface area contributed by atoms with E-state index in [1.807, 2.05) is 0 Å². The number of rotatable bonds is 5. The molecule has 152 valence electrons. The Kier molecular flexibility index (Phi) is 5.49. The first-order valence-corrected chi connectivity index (χ1v) is 9.82. The summed E-state index contributed by atoms with van der Waals surface area (Å²) < 4.78 is 64.9. The number of hydrogen-bond acceptors (Lipinski definition) is 5. The van der Waals surface area contributed by atoms with E-state index >= 15 is 0 Å². The van der Waals surface area contributed by atoms with E-state index in [0.717, 1.165) is 12.1 Å². The van der Waals surface area contributed by atoms with E-state index in [1.165, 1.54) is 43.6 Å². The Balaban J connectivity index is 2.06. The van der Waals surface area contributed by atoms with Crippen molar-refractivity contribution >= 4 is 27.2 Å². The van der Waals surface area contributed by atoms with Crippen LogP contribution in [0.15, 0.2) is 65.7 Å². The van der Waals surface area contributed by atoms with Gasteiger partial charge in [-0.2, -0.15) is 13.2 Å². The van der Waals surface area contributed by atoms with Gasteiger partial charge in [0.1, 0.15) is 5.82 Å². The second kappa shape index (κ2) is 7.72. The maximum atomic E-state index is 12.8. The van der Waals surface area contributed by atoms with E-state index in [9.17, 15) is 21.6 Å². The molecule has 0 saturated carbocycles. The van der Waals surface area contributed by atoms with Crippen LogP contribution in [0.3, 0.4) is 0 Å². The molecule has 1 heterocycles. The van der Waals surface area contributed by atoms with Crippen molar-refractivity contribution in [1.29, 1.82) is 0 Å². The molecule has 10 heteroatoms. The number of halogens is 3. The van der Waals surface area contributed by atoms with Gasteiger partial charge in [0.15, 0.2) is 0 Å². The molecule has 2 aromatic carbocycles. The number of nitrogens with zero attached hydrogens (tertiary/aromatic N) is 1. The van der Waals surface area contributed by atoms with E-state index in [2.05, 4.69) is 15.0 Å². The van der Waals surface area contributed by atoms with E-state index in [1.54, 1.807) is 12.1 Å². The Morgan fingerprint density at radius 1 is 1.00 bits per heavy atom. The lowest BCUT2D eigenvalue weighted by Gasteiger charge is -2.15. The van der Waals surface area contributed by atoms with Gasteiger partial charge in [0, 0.05) is 23.1 Å². The van der Waals surface area contributed by atoms with Crippen LogP contribution >= 0.6 is 0 Å². The maximum absolute atomic E-state index is 12.8. The van der Waals surface area contributed by atoms with Crippen LogP contribution in [0.5, 0.6) is 0 Å². The summed E-state index contributed by atoms with van der Waals surface area (Å²) in [5.41, 5.74) is 6.97. The average molecular weight is 422 g/mol. The van der Waals surface area contributed by atoms with E-state index < -0.39 is 21.8 Å². The Labute approximate surface area is 165 Å². The van der Waals surface area contributed by atoms with Gasteiger partial charge in [-0.25, -0.2) is 18.1 Å². The SMILES string of the molecule is CNS(=O)(=O)c1ccc(Nc2ccc(C(F)(F)F)cc2)c(-c2ccnc(N)c2)c1. The van der Waals surface area contributed by atoms with E-state index in [4.69, 9.17) is 5.73 Å². The summed E-state index contributed by atoms with van der Waals surface area (Å²) >= 11 is 0. The monoisotopic (exact) mass is 422 g/mol. The minimum absolute atomic E-state index is 0.0309. The molecule has 29 heavy (non-hydrogen) atoms. The summed E-state index contributed by atoms with van der Waals surface area (Å²) in [4.78, 5) is 3.95. The first kappa shape index (κ1) is 20.6. The van der Waals surface area contributed by atoms with E-state index in [-0.39, 0.29) is 10.7 Å². The molecular formula is C19H17F3N4O2S. The third kappa shape index (κ3) is 4.66. The third-order valence-corrected chi connectivity index (χ3v) is 5.57. The van der Waals surface area contributed by atoms with Crippen molar-refractivity contribution < 1.29 is 21.6 Å². The Morgan fingerprint density at radius 3 is 2.28 bits per heavy atom. The molecular weight excluding hydrogens is 405 g/mol. The third-order valence-electron chi connectivity index (χ3n) is 4.15. The summed E-state index contributed by atoms with van der Waals surface area (Å²) in [6, 6.07) is 12.1. The second-order valence-electron chi connectivity index (χ2n) is 6.08. The molecule has 0 atom stereocenters. The number of benzene rings is 2. The van der Waals surface area contributed by atoms with Crippen LogP contribution in [0.25, 0.3) is 11.1 Å². The quantitative estimate of drug-likeness (QED) is 0.578. The number of nitrogen functional groups attached to an aromatic ring is 1. The molecule has 3 rings (SSSR count). The molecule has 3 aromatic rings. The number of alkyl halides is 3. The number of sulfonamides is 1. The van der Waals surface area contributed by atoms with Gasteiger partial charge >= 0.3 is 6.18 Å². The van der Waals surface area contributed by atoms with Crippen molar-refractivity contribution in [2.24, 2.45) is 0 Å². The lowest BCUT2D eigenvalue weighted by atomic mass is 10.0. The maximum Gasteiger partial charge on any atom is 0.416 e. The van der Waals surface area contributed by atoms with Gasteiger partial charge in [-0.15, -0.1) is 0 Å². The minimum atomic E-state index is -4.43. The second-order valence-corrected chi connectivity index (χ2v) is 7.97. The number of hydrogen-bond donors (Lipinski definition) is 3. The Morgan fingerprint density at radius 2 is 1.69 bits per heavy atom. The number of anilines is 3. The van der Waals surface area contributed by atoms with Crippen molar-refractivity contribution in [3.8, 4) is 11.1 Å². The fourth-order valence-electron chi connectivity index (χ4n) is 2.67. The van der Waals surface area contributed by atoms with Crippen LogP contribution in [0.2, 0.25) is 0 Å². The molecule has 0 fully saturated rings. The fourth-order valence-corrected chi connectivity index (χ4v) is 3.43. The first-order valence-electron chi connectivity index (χ1n) is 8.34. The lowest BCUT2D eigenvalue weighted by molar-refractivity contribution is -0.137. The van der Waals surface area contributed by atoms with Crippen LogP contribution in [0.1, 0.15) is 5.56 Å². The standard InChI is InChI=1S/C19H17F3N4O2S/c1-24-29(27,28)15-6-7-17(16(11-15)12-8-9-25-18(23)10-12)26-14-4-2-13(3-5-14)19(20,21)22/h2-11,24,26H,1H3,(H2,23,25). The van der Waals surface area contributed by atoms with Crippen LogP contribution in [0, 0.1) is 0 Å². The summed E-state index contributed by atoms with van der Waals surface area (Å²) in [6.07, 6.45) is -2.95. The first-order chi connectivity index (χ1) is 13.6. The number of pyridine rings is 1. The Bertz CT molecular complexity index is 1130. The highest BCUT2D eigenvalue weighted by Crippen LogP contribution is 2.34. The Hall–Kier alpha value is -3.11. The highest BCUT2D eigenvalue weighted by Gasteiger charge is 2.30. The largest absolute Gasteiger partial charge is 0.416 e. The fraction of sp³-hybridized carbons (Fsp3) is 0.105. The van der Waals surface area contributed by atoms with Crippen molar-refractivity contribution in [3.05, 3.63) is 66.4 Å². The van der Waals surface area contributed by atoms with Gasteiger partial charge in [0.05, 0.1) is 10.5 Å². The van der Waals surface area contributed by atoms with Crippen LogP contribution in [0.4, 0.5) is 30.4 Å². The van der Waals surface area contributed by atoms with Crippen LogP contribution in [-0.2, 0) is 16.2 Å². The molecule has 0 aliphatic rings. The average Bonchev–Trinajstić information content (AvgIpc) is 2.68. The highest BCUT2D eigenvalue weighted by molar-refractivity contribution is 7.89. The predicted molar refractivity (Wildman–Crippen MR) is 105 cm³/mol. The molecule has 0 radical (unpaired) electrons. The van der Waals surface area contributed by atoms with Crippen molar-refractivity contribution in [2.45, 2.75) is 11.1 Å². The predicted octanol–water partition coefficient (Wildman–Crippen LogP) is 4.00. The molecule has 0 amide bonds. The van der Waals surface area contributed by atoms with Crippen molar-refractivity contribution in [1.82, 2.24) is 9.71 Å². The minimum Gasteiger partial charge on any atom is -0.384 e. The number of nitrogens with one attached hydrogen (secondary N) is 2. The zero-order valence-corrected chi connectivity index (χ0v) is 16.0. The molecule has 0 spiro atoms. The molecule has 6 nitrogen and oxygen atoms in total. The summed E-state index contributed by atoms with van der Waals surface area (Å²) in [7, 11) is -2.40. The molecule has 0 aliphatic heterocycles. The smallest absolute Gasteiger partial charge is 0.384 e. The van der Waals surface area contributed by atoms with Gasteiger partial charge in [0.2, 0.25) is 10.0 Å². The van der Waals surface area contributed by atoms with Gasteiger partial charge in [-0.05, 0) is 67.2 Å². The topological polar surface area (TPSA) is 97.1 Å². The van der Waals surface area contributed by atoms with Gasteiger partial charge in [-0.1, -0.05) is 0 Å². The van der Waals surface area contributed by atoms with E-state index in [0.29, 0.717) is 22.5 Å².